The fourth-order valence-electron chi connectivity index (χ4n) is 3.37. The molecule has 2 amide bonds. The van der Waals surface area contributed by atoms with Gasteiger partial charge in [-0.15, -0.1) is 11.3 Å². The maximum Gasteiger partial charge on any atom is 0.417 e. The molecule has 0 aromatic carbocycles. The summed E-state index contributed by atoms with van der Waals surface area (Å²) in [5.41, 5.74) is -0.599. The molecule has 30 heavy (non-hydrogen) atoms. The van der Waals surface area contributed by atoms with Gasteiger partial charge in [-0.2, -0.15) is 13.2 Å². The monoisotopic (exact) mass is 443 g/mol. The van der Waals surface area contributed by atoms with Crippen molar-refractivity contribution in [2.24, 2.45) is 0 Å². The van der Waals surface area contributed by atoms with Gasteiger partial charge >= 0.3 is 6.18 Å². The first-order chi connectivity index (χ1) is 14.1. The summed E-state index contributed by atoms with van der Waals surface area (Å²) < 4.78 is 41.0. The van der Waals surface area contributed by atoms with Gasteiger partial charge in [-0.25, -0.2) is 4.98 Å². The fraction of sp³-hybridized carbons (Fsp3) is 0.526. The van der Waals surface area contributed by atoms with Gasteiger partial charge in [0.15, 0.2) is 0 Å². The third-order valence-electron chi connectivity index (χ3n) is 4.80. The summed E-state index contributed by atoms with van der Waals surface area (Å²) in [6.45, 7) is 5.93. The van der Waals surface area contributed by atoms with E-state index in [4.69, 9.17) is 0 Å². The minimum atomic E-state index is -4.56. The van der Waals surface area contributed by atoms with Crippen LogP contribution in [-0.4, -0.2) is 67.5 Å². The topological polar surface area (TPSA) is 77.6 Å². The number of halogens is 3. The molecule has 3 heterocycles. The van der Waals surface area contributed by atoms with E-state index in [2.05, 4.69) is 15.6 Å². The van der Waals surface area contributed by atoms with Crippen molar-refractivity contribution >= 4 is 39.2 Å². The third-order valence-corrected chi connectivity index (χ3v) is 5.80. The SMILES string of the molecule is CNC(=O)c1csc2c(C(F)(F)F)cc(N3CCN(CC(=O)NC(C)C)CC3)nc12. The Labute approximate surface area is 176 Å². The molecule has 1 saturated heterocycles. The van der Waals surface area contributed by atoms with Gasteiger partial charge in [0.25, 0.3) is 5.91 Å². The summed E-state index contributed by atoms with van der Waals surface area (Å²) >= 11 is 0.864. The molecular formula is C19H24F3N5O2S. The molecule has 0 aliphatic carbocycles. The Kier molecular flexibility index (Phi) is 6.51. The predicted octanol–water partition coefficient (Wildman–Crippen LogP) is 2.32. The van der Waals surface area contributed by atoms with Crippen LogP contribution in [0.4, 0.5) is 19.0 Å². The largest absolute Gasteiger partial charge is 0.417 e. The Hall–Kier alpha value is -2.40. The molecule has 0 atom stereocenters. The Morgan fingerprint density at radius 1 is 1.23 bits per heavy atom. The second-order valence-corrected chi connectivity index (χ2v) is 8.30. The van der Waals surface area contributed by atoms with Crippen LogP contribution in [0.2, 0.25) is 0 Å². The van der Waals surface area contributed by atoms with Crippen LogP contribution in [0.5, 0.6) is 0 Å². The number of alkyl halides is 3. The number of hydrogen-bond acceptors (Lipinski definition) is 6. The molecule has 2 aromatic rings. The minimum Gasteiger partial charge on any atom is -0.355 e. The number of rotatable bonds is 5. The number of piperazine rings is 1. The summed E-state index contributed by atoms with van der Waals surface area (Å²) in [4.78, 5) is 32.1. The highest BCUT2D eigenvalue weighted by Crippen LogP contribution is 2.40. The Morgan fingerprint density at radius 3 is 2.47 bits per heavy atom. The van der Waals surface area contributed by atoms with Gasteiger partial charge < -0.3 is 15.5 Å². The van der Waals surface area contributed by atoms with E-state index in [9.17, 15) is 22.8 Å². The van der Waals surface area contributed by atoms with Crippen molar-refractivity contribution in [2.75, 3.05) is 44.7 Å². The maximum atomic E-state index is 13.7. The number of thiophene rings is 1. The summed E-state index contributed by atoms with van der Waals surface area (Å²) in [6.07, 6.45) is -4.56. The number of carbonyl (C=O) groups is 2. The molecule has 0 unspecified atom stereocenters. The fourth-order valence-corrected chi connectivity index (χ4v) is 4.39. The first kappa shape index (κ1) is 22.3. The molecule has 164 valence electrons. The standard InChI is InChI=1S/C19H24F3N5O2S/c1-11(2)24-15(28)9-26-4-6-27(7-5-26)14-8-13(19(20,21)22)17-16(25-14)12(10-30-17)18(29)23-3/h8,10-11H,4-7,9H2,1-3H3,(H,23,29)(H,24,28). The molecule has 2 N–H and O–H groups in total. The second-order valence-electron chi connectivity index (χ2n) is 7.42. The Morgan fingerprint density at radius 2 is 1.90 bits per heavy atom. The maximum absolute atomic E-state index is 13.7. The van der Waals surface area contributed by atoms with E-state index in [-0.39, 0.29) is 40.1 Å². The zero-order valence-corrected chi connectivity index (χ0v) is 17.8. The number of pyridine rings is 1. The quantitative estimate of drug-likeness (QED) is 0.742. The van der Waals surface area contributed by atoms with Crippen LogP contribution in [0, 0.1) is 0 Å². The average Bonchev–Trinajstić information content (AvgIpc) is 3.09. The van der Waals surface area contributed by atoms with E-state index in [1.807, 2.05) is 18.7 Å². The number of fused-ring (bicyclic) bond motifs is 1. The van der Waals surface area contributed by atoms with E-state index < -0.39 is 17.6 Å². The highest BCUT2D eigenvalue weighted by molar-refractivity contribution is 7.17. The lowest BCUT2D eigenvalue weighted by atomic mass is 10.1. The van der Waals surface area contributed by atoms with Gasteiger partial charge in [-0.3, -0.25) is 14.5 Å². The van der Waals surface area contributed by atoms with E-state index >= 15 is 0 Å². The van der Waals surface area contributed by atoms with Crippen molar-refractivity contribution in [3.63, 3.8) is 0 Å². The van der Waals surface area contributed by atoms with Gasteiger partial charge in [0, 0.05) is 44.6 Å². The van der Waals surface area contributed by atoms with Crippen LogP contribution in [0.25, 0.3) is 10.2 Å². The number of anilines is 1. The van der Waals surface area contributed by atoms with E-state index in [0.29, 0.717) is 26.2 Å². The first-order valence-corrected chi connectivity index (χ1v) is 10.5. The van der Waals surface area contributed by atoms with Gasteiger partial charge in [0.05, 0.1) is 27.9 Å². The zero-order chi connectivity index (χ0) is 22.1. The summed E-state index contributed by atoms with van der Waals surface area (Å²) in [6, 6.07) is 1.10. The predicted molar refractivity (Wildman–Crippen MR) is 110 cm³/mol. The lowest BCUT2D eigenvalue weighted by Gasteiger charge is -2.35. The summed E-state index contributed by atoms with van der Waals surface area (Å²) in [7, 11) is 1.43. The molecule has 1 aliphatic heterocycles. The third kappa shape index (κ3) is 4.84. The number of nitrogens with zero attached hydrogens (tertiary/aromatic N) is 3. The molecule has 0 saturated carbocycles. The summed E-state index contributed by atoms with van der Waals surface area (Å²) in [5, 5.41) is 6.67. The van der Waals surface area contributed by atoms with E-state index in [1.165, 1.54) is 12.4 Å². The van der Waals surface area contributed by atoms with E-state index in [1.54, 1.807) is 4.90 Å². The number of nitrogens with one attached hydrogen (secondary N) is 2. The lowest BCUT2D eigenvalue weighted by molar-refractivity contribution is -0.136. The number of aromatic nitrogens is 1. The van der Waals surface area contributed by atoms with Crippen LogP contribution in [-0.2, 0) is 11.0 Å². The van der Waals surface area contributed by atoms with Crippen LogP contribution < -0.4 is 15.5 Å². The smallest absolute Gasteiger partial charge is 0.355 e. The second kappa shape index (κ2) is 8.76. The van der Waals surface area contributed by atoms with Crippen LogP contribution in [0.1, 0.15) is 29.8 Å². The van der Waals surface area contributed by atoms with Crippen molar-refractivity contribution in [3.8, 4) is 0 Å². The molecule has 7 nitrogen and oxygen atoms in total. The molecule has 0 spiro atoms. The van der Waals surface area contributed by atoms with Crippen LogP contribution >= 0.6 is 11.3 Å². The molecule has 3 rings (SSSR count). The molecule has 1 fully saturated rings. The number of carbonyl (C=O) groups excluding carboxylic acids is 2. The number of hydrogen-bond donors (Lipinski definition) is 2. The average molecular weight is 443 g/mol. The number of amides is 2. The van der Waals surface area contributed by atoms with Crippen molar-refractivity contribution in [3.05, 3.63) is 22.6 Å². The Balaban J connectivity index is 1.84. The van der Waals surface area contributed by atoms with Gasteiger partial charge in [-0.05, 0) is 19.9 Å². The molecule has 0 radical (unpaired) electrons. The highest BCUT2D eigenvalue weighted by Gasteiger charge is 2.36. The molecule has 2 aromatic heterocycles. The van der Waals surface area contributed by atoms with Crippen molar-refractivity contribution in [1.29, 1.82) is 0 Å². The minimum absolute atomic E-state index is 0.0474. The van der Waals surface area contributed by atoms with Crippen molar-refractivity contribution in [2.45, 2.75) is 26.1 Å². The van der Waals surface area contributed by atoms with Crippen LogP contribution in [0.15, 0.2) is 11.4 Å². The van der Waals surface area contributed by atoms with Crippen molar-refractivity contribution in [1.82, 2.24) is 20.5 Å². The lowest BCUT2D eigenvalue weighted by Crippen LogP contribution is -2.50. The molecular weight excluding hydrogens is 419 g/mol. The molecule has 0 bridgehead atoms. The molecule has 11 heteroatoms. The normalized spacial score (nSPS) is 15.6. The van der Waals surface area contributed by atoms with Gasteiger partial charge in [-0.1, -0.05) is 0 Å². The Bertz CT molecular complexity index is 936. The summed E-state index contributed by atoms with van der Waals surface area (Å²) in [5.74, 6) is -0.365. The molecule has 1 aliphatic rings. The van der Waals surface area contributed by atoms with Crippen molar-refractivity contribution < 1.29 is 22.8 Å². The first-order valence-electron chi connectivity index (χ1n) is 9.58. The van der Waals surface area contributed by atoms with Crippen LogP contribution in [0.3, 0.4) is 0 Å². The van der Waals surface area contributed by atoms with E-state index in [0.717, 1.165) is 17.4 Å². The highest BCUT2D eigenvalue weighted by atomic mass is 32.1. The van der Waals surface area contributed by atoms with Gasteiger partial charge in [0.1, 0.15) is 5.82 Å². The zero-order valence-electron chi connectivity index (χ0n) is 17.0. The van der Waals surface area contributed by atoms with Gasteiger partial charge in [0.2, 0.25) is 5.91 Å².